The highest BCUT2D eigenvalue weighted by Crippen LogP contribution is 2.26. The van der Waals surface area contributed by atoms with Gasteiger partial charge in [0.25, 0.3) is 5.79 Å². The molecule has 0 spiro atoms. The molecule has 0 N–H and O–H groups in total. The van der Waals surface area contributed by atoms with Crippen molar-refractivity contribution in [3.63, 3.8) is 0 Å². The van der Waals surface area contributed by atoms with Gasteiger partial charge in [0.05, 0.1) is 0 Å². The van der Waals surface area contributed by atoms with Crippen molar-refractivity contribution in [1.82, 2.24) is 0 Å². The molecule has 2 aromatic carbocycles. The Morgan fingerprint density at radius 1 is 1.04 bits per heavy atom. The molecule has 140 valence electrons. The second-order valence-corrected chi connectivity index (χ2v) is 6.30. The Kier molecular flexibility index (Phi) is 4.94. The van der Waals surface area contributed by atoms with Gasteiger partial charge in [-0.3, -0.25) is 0 Å². The van der Waals surface area contributed by atoms with Crippen LogP contribution in [0, 0.1) is 11.6 Å². The number of esters is 2. The Labute approximate surface area is 154 Å². The maximum atomic E-state index is 13.7. The molecule has 1 aliphatic heterocycles. The second-order valence-electron chi connectivity index (χ2n) is 6.30. The summed E-state index contributed by atoms with van der Waals surface area (Å²) < 4.78 is 42.4. The van der Waals surface area contributed by atoms with Crippen LogP contribution in [0.2, 0.25) is 0 Å². The first-order chi connectivity index (χ1) is 12.7. The van der Waals surface area contributed by atoms with Gasteiger partial charge in [-0.05, 0) is 29.3 Å². The molecule has 1 aliphatic rings. The molecular formula is C20H16F2O5. The van der Waals surface area contributed by atoms with Gasteiger partial charge < -0.3 is 14.2 Å². The molecule has 0 bridgehead atoms. The van der Waals surface area contributed by atoms with Gasteiger partial charge >= 0.3 is 11.9 Å². The molecule has 1 heterocycles. The van der Waals surface area contributed by atoms with E-state index in [-0.39, 0.29) is 17.9 Å². The van der Waals surface area contributed by atoms with Crippen LogP contribution in [0.25, 0.3) is 6.08 Å². The lowest BCUT2D eigenvalue weighted by atomic mass is 10.0. The van der Waals surface area contributed by atoms with Crippen LogP contribution in [0.4, 0.5) is 8.78 Å². The van der Waals surface area contributed by atoms with Crippen molar-refractivity contribution in [3.05, 3.63) is 70.8 Å². The number of halogens is 2. The quantitative estimate of drug-likeness (QED) is 0.463. The maximum Gasteiger partial charge on any atom is 0.348 e. The zero-order valence-electron chi connectivity index (χ0n) is 14.6. The van der Waals surface area contributed by atoms with Crippen LogP contribution in [0.15, 0.2) is 48.0 Å². The number of hydrogen-bond acceptors (Lipinski definition) is 5. The summed E-state index contributed by atoms with van der Waals surface area (Å²) in [5.41, 5.74) is 0.774. The molecule has 0 saturated carbocycles. The molecule has 3 rings (SSSR count). The lowest BCUT2D eigenvalue weighted by molar-refractivity contribution is -0.222. The van der Waals surface area contributed by atoms with Gasteiger partial charge in [-0.2, -0.15) is 0 Å². The predicted octanol–water partition coefficient (Wildman–Crippen LogP) is 3.76. The fourth-order valence-corrected chi connectivity index (χ4v) is 2.48. The Hall–Kier alpha value is -3.22. The summed E-state index contributed by atoms with van der Waals surface area (Å²) >= 11 is 0. The number of hydrogen-bond donors (Lipinski definition) is 0. The number of benzene rings is 2. The van der Waals surface area contributed by atoms with E-state index in [0.29, 0.717) is 11.1 Å². The number of ether oxygens (including phenoxy) is 3. The van der Waals surface area contributed by atoms with Crippen molar-refractivity contribution in [2.24, 2.45) is 0 Å². The maximum absolute atomic E-state index is 13.7. The van der Waals surface area contributed by atoms with Gasteiger partial charge in [0.1, 0.15) is 18.0 Å². The van der Waals surface area contributed by atoms with Gasteiger partial charge in [0.15, 0.2) is 11.6 Å². The third-order valence-electron chi connectivity index (χ3n) is 3.75. The fourth-order valence-electron chi connectivity index (χ4n) is 2.48. The van der Waals surface area contributed by atoms with Gasteiger partial charge in [-0.25, -0.2) is 18.4 Å². The summed E-state index contributed by atoms with van der Waals surface area (Å²) in [5.74, 6) is -4.50. The smallest absolute Gasteiger partial charge is 0.348 e. The van der Waals surface area contributed by atoms with Gasteiger partial charge in [0, 0.05) is 19.9 Å². The molecule has 7 heteroatoms. The average molecular weight is 374 g/mol. The van der Waals surface area contributed by atoms with Gasteiger partial charge in [-0.15, -0.1) is 0 Å². The van der Waals surface area contributed by atoms with Crippen LogP contribution >= 0.6 is 0 Å². The van der Waals surface area contributed by atoms with Crippen LogP contribution in [-0.4, -0.2) is 17.7 Å². The molecule has 1 saturated heterocycles. The first-order valence-electron chi connectivity index (χ1n) is 8.09. The summed E-state index contributed by atoms with van der Waals surface area (Å²) in [7, 11) is 0. The number of rotatable bonds is 4. The number of carbonyl (C=O) groups excluding carboxylic acids is 2. The zero-order valence-corrected chi connectivity index (χ0v) is 14.6. The minimum absolute atomic E-state index is 0.101. The summed E-state index contributed by atoms with van der Waals surface area (Å²) in [4.78, 5) is 24.2. The summed E-state index contributed by atoms with van der Waals surface area (Å²) in [6.07, 6.45) is 1.32. The van der Waals surface area contributed by atoms with Crippen molar-refractivity contribution >= 4 is 18.0 Å². The van der Waals surface area contributed by atoms with E-state index in [1.807, 2.05) is 0 Å². The van der Waals surface area contributed by atoms with Crippen LogP contribution in [-0.2, 0) is 25.7 Å². The highest BCUT2D eigenvalue weighted by Gasteiger charge is 2.38. The predicted molar refractivity (Wildman–Crippen MR) is 91.4 cm³/mol. The van der Waals surface area contributed by atoms with Gasteiger partial charge in [0.2, 0.25) is 0 Å². The summed E-state index contributed by atoms with van der Waals surface area (Å²) in [5, 5.41) is 0. The monoisotopic (exact) mass is 374 g/mol. The standard InChI is InChI=1S/C20H16F2O5/c1-20(2)26-18(23)15(19(24)27-20)9-12-5-3-4-6-13(12)11-25-17-10-14(21)7-8-16(17)22/h3-10H,11H2,1-2H3. The number of cyclic esters (lactones) is 2. The van der Waals surface area contributed by atoms with Crippen molar-refractivity contribution in [2.45, 2.75) is 26.2 Å². The highest BCUT2D eigenvalue weighted by atomic mass is 19.1. The Morgan fingerprint density at radius 3 is 2.41 bits per heavy atom. The number of carbonyl (C=O) groups is 2. The van der Waals surface area contributed by atoms with Crippen molar-refractivity contribution in [3.8, 4) is 5.75 Å². The molecule has 2 aromatic rings. The molecule has 0 aromatic heterocycles. The van der Waals surface area contributed by atoms with E-state index in [4.69, 9.17) is 14.2 Å². The molecule has 0 atom stereocenters. The molecule has 0 amide bonds. The molecule has 1 fully saturated rings. The summed E-state index contributed by atoms with van der Waals surface area (Å²) in [6, 6.07) is 9.62. The molecule has 0 radical (unpaired) electrons. The first kappa shape index (κ1) is 18.6. The Morgan fingerprint density at radius 2 is 1.70 bits per heavy atom. The molecule has 0 unspecified atom stereocenters. The van der Waals surface area contributed by atoms with E-state index in [1.165, 1.54) is 19.9 Å². The minimum Gasteiger partial charge on any atom is -0.486 e. The molecule has 5 nitrogen and oxygen atoms in total. The topological polar surface area (TPSA) is 61.8 Å². The van der Waals surface area contributed by atoms with Crippen molar-refractivity contribution in [2.75, 3.05) is 0 Å². The van der Waals surface area contributed by atoms with Crippen LogP contribution in [0.5, 0.6) is 5.75 Å². The summed E-state index contributed by atoms with van der Waals surface area (Å²) in [6.45, 7) is 2.81. The third kappa shape index (κ3) is 4.31. The average Bonchev–Trinajstić information content (AvgIpc) is 2.59. The SMILES string of the molecule is CC1(C)OC(=O)C(=Cc2ccccc2COc2cc(F)ccc2F)C(=O)O1. The van der Waals surface area contributed by atoms with E-state index in [0.717, 1.165) is 18.2 Å². The fraction of sp³-hybridized carbons (Fsp3) is 0.200. The van der Waals surface area contributed by atoms with Crippen LogP contribution in [0.3, 0.4) is 0 Å². The van der Waals surface area contributed by atoms with E-state index >= 15 is 0 Å². The molecular weight excluding hydrogens is 358 g/mol. The largest absolute Gasteiger partial charge is 0.486 e. The first-order valence-corrected chi connectivity index (χ1v) is 8.09. The highest BCUT2D eigenvalue weighted by molar-refractivity contribution is 6.18. The Bertz CT molecular complexity index is 912. The minimum atomic E-state index is -1.33. The molecule has 27 heavy (non-hydrogen) atoms. The third-order valence-corrected chi connectivity index (χ3v) is 3.75. The van der Waals surface area contributed by atoms with Crippen LogP contribution < -0.4 is 4.74 Å². The lowest BCUT2D eigenvalue weighted by Crippen LogP contribution is -2.41. The van der Waals surface area contributed by atoms with E-state index in [2.05, 4.69) is 0 Å². The zero-order chi connectivity index (χ0) is 19.6. The lowest BCUT2D eigenvalue weighted by Gasteiger charge is -2.29. The van der Waals surface area contributed by atoms with E-state index in [1.54, 1.807) is 24.3 Å². The van der Waals surface area contributed by atoms with Crippen molar-refractivity contribution < 1.29 is 32.6 Å². The van der Waals surface area contributed by atoms with E-state index < -0.39 is 29.4 Å². The second kappa shape index (κ2) is 7.19. The van der Waals surface area contributed by atoms with Crippen LogP contribution in [0.1, 0.15) is 25.0 Å². The molecule has 0 aliphatic carbocycles. The van der Waals surface area contributed by atoms with Gasteiger partial charge in [-0.1, -0.05) is 24.3 Å². The normalized spacial score (nSPS) is 15.8. The van der Waals surface area contributed by atoms with E-state index in [9.17, 15) is 18.4 Å². The van der Waals surface area contributed by atoms with Crippen molar-refractivity contribution in [1.29, 1.82) is 0 Å². The Balaban J connectivity index is 1.85.